The first-order valence-electron chi connectivity index (χ1n) is 8.07. The molecular weight excluding hydrogens is 294 g/mol. The average Bonchev–Trinajstić information content (AvgIpc) is 2.95. The Kier molecular flexibility index (Phi) is 3.53. The maximum atomic E-state index is 12.8. The van der Waals surface area contributed by atoms with Gasteiger partial charge in [0, 0.05) is 52.5 Å². The Morgan fingerprint density at radius 3 is 3.05 bits per heavy atom. The van der Waals surface area contributed by atoms with Gasteiger partial charge in [-0.2, -0.15) is 5.10 Å². The van der Waals surface area contributed by atoms with Crippen molar-refractivity contribution in [3.05, 3.63) is 39.8 Å². The number of carbonyl (C=O) groups is 1. The Bertz CT molecular complexity index is 663. The maximum Gasteiger partial charge on any atom is 0.226 e. The van der Waals surface area contributed by atoms with Gasteiger partial charge in [0.2, 0.25) is 5.91 Å². The predicted molar refractivity (Wildman–Crippen MR) is 87.0 cm³/mol. The van der Waals surface area contributed by atoms with Crippen LogP contribution in [0.1, 0.15) is 46.5 Å². The van der Waals surface area contributed by atoms with Gasteiger partial charge in [-0.3, -0.25) is 9.89 Å². The zero-order chi connectivity index (χ0) is 15.1. The molecule has 1 amide bonds. The Morgan fingerprint density at radius 1 is 1.41 bits per heavy atom. The summed E-state index contributed by atoms with van der Waals surface area (Å²) in [5.41, 5.74) is 1.17. The second-order valence-corrected chi connectivity index (χ2v) is 7.85. The quantitative estimate of drug-likeness (QED) is 0.945. The van der Waals surface area contributed by atoms with Crippen LogP contribution in [0.5, 0.6) is 0 Å². The second-order valence-electron chi connectivity index (χ2n) is 6.53. The van der Waals surface area contributed by atoms with Crippen molar-refractivity contribution in [1.29, 1.82) is 0 Å². The predicted octanol–water partition coefficient (Wildman–Crippen LogP) is 3.29. The number of amides is 1. The van der Waals surface area contributed by atoms with E-state index in [0.717, 1.165) is 32.4 Å². The van der Waals surface area contributed by atoms with Crippen LogP contribution in [0.4, 0.5) is 0 Å². The van der Waals surface area contributed by atoms with Crippen LogP contribution < -0.4 is 0 Å². The fourth-order valence-corrected chi connectivity index (χ4v) is 4.65. The van der Waals surface area contributed by atoms with E-state index in [0.29, 0.717) is 17.7 Å². The van der Waals surface area contributed by atoms with Gasteiger partial charge in [0.05, 0.1) is 0 Å². The number of nitrogens with zero attached hydrogens (tertiary/aromatic N) is 2. The van der Waals surface area contributed by atoms with E-state index in [1.807, 2.05) is 17.4 Å². The molecule has 0 radical (unpaired) electrons. The molecular formula is C17H21N3OS. The first-order valence-corrected chi connectivity index (χ1v) is 8.88. The number of aromatic nitrogens is 2. The van der Waals surface area contributed by atoms with Crippen LogP contribution in [-0.4, -0.2) is 34.1 Å². The number of nitrogens with one attached hydrogen (secondary N) is 1. The van der Waals surface area contributed by atoms with Crippen molar-refractivity contribution in [1.82, 2.24) is 15.1 Å². The summed E-state index contributed by atoms with van der Waals surface area (Å²) >= 11 is 1.84. The number of rotatable bonds is 3. The highest BCUT2D eigenvalue weighted by Gasteiger charge is 2.47. The molecule has 0 spiro atoms. The van der Waals surface area contributed by atoms with Crippen molar-refractivity contribution in [2.75, 3.05) is 13.1 Å². The van der Waals surface area contributed by atoms with E-state index in [2.05, 4.69) is 34.2 Å². The van der Waals surface area contributed by atoms with E-state index < -0.39 is 0 Å². The van der Waals surface area contributed by atoms with Crippen molar-refractivity contribution < 1.29 is 4.79 Å². The van der Waals surface area contributed by atoms with Crippen molar-refractivity contribution >= 4 is 17.2 Å². The summed E-state index contributed by atoms with van der Waals surface area (Å²) in [6.45, 7) is 3.89. The van der Waals surface area contributed by atoms with Crippen LogP contribution in [0, 0.1) is 12.8 Å². The molecule has 1 saturated carbocycles. The van der Waals surface area contributed by atoms with Crippen LogP contribution in [0.15, 0.2) is 24.4 Å². The van der Waals surface area contributed by atoms with E-state index in [4.69, 9.17) is 0 Å². The summed E-state index contributed by atoms with van der Waals surface area (Å²) in [6, 6.07) is 6.39. The first kappa shape index (κ1) is 14.0. The Morgan fingerprint density at radius 2 is 2.32 bits per heavy atom. The van der Waals surface area contributed by atoms with Gasteiger partial charge in [-0.05, 0) is 44.4 Å². The Hall–Kier alpha value is -1.62. The minimum Gasteiger partial charge on any atom is -0.342 e. The van der Waals surface area contributed by atoms with E-state index in [1.165, 1.54) is 15.4 Å². The first-order chi connectivity index (χ1) is 10.7. The molecule has 2 aromatic heterocycles. The van der Waals surface area contributed by atoms with Crippen LogP contribution in [0.2, 0.25) is 0 Å². The Balaban J connectivity index is 1.41. The van der Waals surface area contributed by atoms with E-state index in [9.17, 15) is 4.79 Å². The summed E-state index contributed by atoms with van der Waals surface area (Å²) in [5.74, 6) is 1.47. The van der Waals surface area contributed by atoms with Gasteiger partial charge in [-0.25, -0.2) is 0 Å². The molecule has 5 heteroatoms. The fraction of sp³-hybridized carbons (Fsp3) is 0.529. The molecule has 1 N–H and O–H groups in total. The van der Waals surface area contributed by atoms with Crippen molar-refractivity contribution in [3.8, 4) is 0 Å². The molecule has 1 saturated heterocycles. The number of carbonyl (C=O) groups excluding carboxylic acids is 1. The fourth-order valence-electron chi connectivity index (χ4n) is 3.59. The molecule has 1 aliphatic carbocycles. The number of likely N-dealkylation sites (tertiary alicyclic amines) is 1. The maximum absolute atomic E-state index is 12.8. The number of piperidine rings is 1. The molecule has 1 aliphatic heterocycles. The van der Waals surface area contributed by atoms with Gasteiger partial charge in [0.15, 0.2) is 0 Å². The molecule has 4 rings (SSSR count). The van der Waals surface area contributed by atoms with Gasteiger partial charge >= 0.3 is 0 Å². The second kappa shape index (κ2) is 5.54. The number of aromatic amines is 1. The monoisotopic (exact) mass is 315 g/mol. The van der Waals surface area contributed by atoms with E-state index in [1.54, 1.807) is 6.20 Å². The zero-order valence-corrected chi connectivity index (χ0v) is 13.6. The van der Waals surface area contributed by atoms with Crippen LogP contribution in [0.3, 0.4) is 0 Å². The molecule has 3 heterocycles. The van der Waals surface area contributed by atoms with Crippen LogP contribution >= 0.6 is 11.3 Å². The lowest BCUT2D eigenvalue weighted by Crippen LogP contribution is -2.40. The molecule has 2 fully saturated rings. The van der Waals surface area contributed by atoms with Gasteiger partial charge in [0.1, 0.15) is 0 Å². The lowest BCUT2D eigenvalue weighted by atomic mass is 9.94. The molecule has 0 bridgehead atoms. The van der Waals surface area contributed by atoms with Crippen LogP contribution in [-0.2, 0) is 4.79 Å². The smallest absolute Gasteiger partial charge is 0.226 e. The van der Waals surface area contributed by atoms with Gasteiger partial charge in [-0.15, -0.1) is 11.3 Å². The van der Waals surface area contributed by atoms with Crippen molar-refractivity contribution in [2.45, 2.75) is 38.0 Å². The third-order valence-corrected chi connectivity index (χ3v) is 6.06. The summed E-state index contributed by atoms with van der Waals surface area (Å²) in [6.07, 6.45) is 5.06. The molecule has 0 aromatic carbocycles. The number of hydrogen-bond donors (Lipinski definition) is 1. The highest BCUT2D eigenvalue weighted by molar-refractivity contribution is 7.12. The topological polar surface area (TPSA) is 49.0 Å². The lowest BCUT2D eigenvalue weighted by Gasteiger charge is -2.32. The SMILES string of the molecule is Cc1ccc([C@@H]2C[C@H]2C(=O)N2CCC[C@H](c3ccn[nH]3)C2)s1. The van der Waals surface area contributed by atoms with Crippen molar-refractivity contribution in [3.63, 3.8) is 0 Å². The number of aryl methyl sites for hydroxylation is 1. The molecule has 3 atom stereocenters. The lowest BCUT2D eigenvalue weighted by molar-refractivity contribution is -0.133. The molecule has 2 aromatic rings. The minimum absolute atomic E-state index is 0.221. The van der Waals surface area contributed by atoms with E-state index in [-0.39, 0.29) is 5.92 Å². The largest absolute Gasteiger partial charge is 0.342 e. The van der Waals surface area contributed by atoms with Gasteiger partial charge in [0.25, 0.3) is 0 Å². The number of H-pyrrole nitrogens is 1. The average molecular weight is 315 g/mol. The zero-order valence-electron chi connectivity index (χ0n) is 12.8. The minimum atomic E-state index is 0.221. The number of thiophene rings is 1. The molecule has 116 valence electrons. The third kappa shape index (κ3) is 2.58. The van der Waals surface area contributed by atoms with Crippen molar-refractivity contribution in [2.24, 2.45) is 5.92 Å². The standard InChI is InChI=1S/C17H21N3OS/c1-11-4-5-16(22-11)13-9-14(13)17(21)20-8-2-3-12(10-20)15-6-7-18-19-15/h4-7,12-14H,2-3,8-10H2,1H3,(H,18,19)/t12-,13+,14+/m0/s1. The van der Waals surface area contributed by atoms with E-state index >= 15 is 0 Å². The molecule has 22 heavy (non-hydrogen) atoms. The summed E-state index contributed by atoms with van der Waals surface area (Å²) in [7, 11) is 0. The highest BCUT2D eigenvalue weighted by Crippen LogP contribution is 2.50. The van der Waals surface area contributed by atoms with Gasteiger partial charge in [-0.1, -0.05) is 0 Å². The molecule has 2 aliphatic rings. The Labute approximate surface area is 134 Å². The summed E-state index contributed by atoms with van der Waals surface area (Å²) in [4.78, 5) is 17.6. The molecule has 4 nitrogen and oxygen atoms in total. The normalized spacial score (nSPS) is 27.9. The van der Waals surface area contributed by atoms with Gasteiger partial charge < -0.3 is 4.90 Å². The summed E-state index contributed by atoms with van der Waals surface area (Å²) < 4.78 is 0. The third-order valence-electron chi connectivity index (χ3n) is 4.93. The van der Waals surface area contributed by atoms with Crippen LogP contribution in [0.25, 0.3) is 0 Å². The number of hydrogen-bond acceptors (Lipinski definition) is 3. The highest BCUT2D eigenvalue weighted by atomic mass is 32.1. The summed E-state index contributed by atoms with van der Waals surface area (Å²) in [5, 5.41) is 7.10. The molecule has 0 unspecified atom stereocenters.